The molecule has 1 saturated carbocycles. The van der Waals surface area contributed by atoms with E-state index in [2.05, 4.69) is 19.2 Å². The summed E-state index contributed by atoms with van der Waals surface area (Å²) in [6.07, 6.45) is 2.91. The van der Waals surface area contributed by atoms with Crippen molar-refractivity contribution in [3.63, 3.8) is 0 Å². The largest absolute Gasteiger partial charge is 0.364 e. The molecule has 0 aromatic heterocycles. The number of ether oxygens (including phenoxy) is 1. The Labute approximate surface area is 154 Å². The van der Waals surface area contributed by atoms with Crippen LogP contribution in [-0.2, 0) is 20.9 Å². The van der Waals surface area contributed by atoms with Crippen molar-refractivity contribution < 1.29 is 14.3 Å². The van der Waals surface area contributed by atoms with E-state index in [9.17, 15) is 9.59 Å². The van der Waals surface area contributed by atoms with Gasteiger partial charge in [-0.3, -0.25) is 9.59 Å². The second-order valence-electron chi connectivity index (χ2n) is 7.49. The van der Waals surface area contributed by atoms with E-state index in [-0.39, 0.29) is 16.9 Å². The van der Waals surface area contributed by atoms with Gasteiger partial charge in [-0.2, -0.15) is 0 Å². The first kappa shape index (κ1) is 18.5. The number of nitrogens with one attached hydrogen (secondary N) is 1. The zero-order valence-electron chi connectivity index (χ0n) is 15.0. The van der Waals surface area contributed by atoms with Crippen molar-refractivity contribution in [2.45, 2.75) is 63.0 Å². The highest BCUT2D eigenvalue weighted by atomic mass is 32.2. The molecule has 3 rings (SSSR count). The summed E-state index contributed by atoms with van der Waals surface area (Å²) < 4.78 is 5.96. The van der Waals surface area contributed by atoms with Crippen LogP contribution in [0.2, 0.25) is 0 Å². The molecule has 3 atom stereocenters. The van der Waals surface area contributed by atoms with Crippen LogP contribution >= 0.6 is 11.8 Å². The van der Waals surface area contributed by atoms with Gasteiger partial charge in [0.05, 0.1) is 12.4 Å². The normalized spacial score (nSPS) is 26.7. The summed E-state index contributed by atoms with van der Waals surface area (Å²) in [6, 6.07) is 9.88. The molecular weight excluding hydrogens is 334 g/mol. The number of fused-ring (bicyclic) bond motifs is 1. The number of hydrogen-bond donors (Lipinski definition) is 1. The molecule has 5 heteroatoms. The smallest absolute Gasteiger partial charge is 0.249 e. The second-order valence-corrected chi connectivity index (χ2v) is 8.68. The molecule has 1 saturated heterocycles. The maximum Gasteiger partial charge on any atom is 0.249 e. The summed E-state index contributed by atoms with van der Waals surface area (Å²) in [4.78, 5) is 25.4. The van der Waals surface area contributed by atoms with Gasteiger partial charge in [-0.15, -0.1) is 11.8 Å². The van der Waals surface area contributed by atoms with Crippen molar-refractivity contribution in [2.75, 3.05) is 5.75 Å². The van der Waals surface area contributed by atoms with E-state index in [1.807, 2.05) is 30.3 Å². The lowest BCUT2D eigenvalue weighted by Gasteiger charge is -2.31. The third-order valence-electron chi connectivity index (χ3n) is 5.12. The predicted molar refractivity (Wildman–Crippen MR) is 100 cm³/mol. The van der Waals surface area contributed by atoms with Crippen LogP contribution < -0.4 is 5.32 Å². The molecule has 1 amide bonds. The quantitative estimate of drug-likeness (QED) is 0.809. The highest BCUT2D eigenvalue weighted by molar-refractivity contribution is 8.01. The van der Waals surface area contributed by atoms with E-state index in [1.165, 1.54) is 0 Å². The summed E-state index contributed by atoms with van der Waals surface area (Å²) in [5.41, 5.74) is 0.404. The van der Waals surface area contributed by atoms with Crippen molar-refractivity contribution in [3.05, 3.63) is 35.9 Å². The molecule has 1 aliphatic heterocycles. The van der Waals surface area contributed by atoms with Gasteiger partial charge in [0, 0.05) is 5.25 Å². The number of Topliss-reactive ketones (excluding diaryl/α,β-unsaturated/α-hetero) is 1. The van der Waals surface area contributed by atoms with Crippen molar-refractivity contribution in [1.82, 2.24) is 5.32 Å². The molecule has 1 N–H and O–H groups in total. The number of hydrogen-bond acceptors (Lipinski definition) is 4. The van der Waals surface area contributed by atoms with Crippen LogP contribution in [0, 0.1) is 5.92 Å². The van der Waals surface area contributed by atoms with Gasteiger partial charge in [0.2, 0.25) is 5.91 Å². The molecule has 1 aromatic carbocycles. The zero-order valence-corrected chi connectivity index (χ0v) is 15.8. The van der Waals surface area contributed by atoms with Gasteiger partial charge in [0.15, 0.2) is 5.78 Å². The molecule has 1 heterocycles. The highest BCUT2D eigenvalue weighted by Gasteiger charge is 2.54. The number of benzene rings is 1. The molecule has 0 spiro atoms. The van der Waals surface area contributed by atoms with Gasteiger partial charge in [0.25, 0.3) is 0 Å². The third-order valence-corrected chi connectivity index (χ3v) is 6.59. The number of carbonyl (C=O) groups is 2. The molecule has 1 aliphatic carbocycles. The minimum atomic E-state index is -0.646. The Balaban J connectivity index is 1.67. The first-order chi connectivity index (χ1) is 12.0. The Morgan fingerprint density at radius 1 is 1.36 bits per heavy atom. The van der Waals surface area contributed by atoms with Crippen LogP contribution in [0.3, 0.4) is 0 Å². The average molecular weight is 362 g/mol. The van der Waals surface area contributed by atoms with Crippen molar-refractivity contribution in [1.29, 1.82) is 0 Å². The maximum absolute atomic E-state index is 12.9. The molecule has 1 aromatic rings. The molecule has 25 heavy (non-hydrogen) atoms. The minimum absolute atomic E-state index is 0.132. The van der Waals surface area contributed by atoms with E-state index < -0.39 is 11.6 Å². The molecule has 136 valence electrons. The van der Waals surface area contributed by atoms with E-state index in [4.69, 9.17) is 4.74 Å². The van der Waals surface area contributed by atoms with Gasteiger partial charge < -0.3 is 10.1 Å². The van der Waals surface area contributed by atoms with Gasteiger partial charge in [-0.05, 0) is 37.2 Å². The summed E-state index contributed by atoms with van der Waals surface area (Å²) >= 11 is 1.69. The lowest BCUT2D eigenvalue weighted by atomic mass is 9.92. The van der Waals surface area contributed by atoms with E-state index in [0.717, 1.165) is 24.8 Å². The summed E-state index contributed by atoms with van der Waals surface area (Å²) in [5.74, 6) is 0.911. The Morgan fingerprint density at radius 2 is 2.12 bits per heavy atom. The average Bonchev–Trinajstić information content (AvgIpc) is 3.12. The van der Waals surface area contributed by atoms with Gasteiger partial charge in [-0.1, -0.05) is 44.2 Å². The number of carbonyl (C=O) groups excluding carboxylic acids is 2. The van der Waals surface area contributed by atoms with Crippen LogP contribution in [0.25, 0.3) is 0 Å². The SMILES string of the molecule is CC(C)C[C@H](OCc1ccccc1)C(=O)N[C@]12CCC[C@H]1SCC2=O. The lowest BCUT2D eigenvalue weighted by Crippen LogP contribution is -2.58. The topological polar surface area (TPSA) is 55.4 Å². The molecule has 2 fully saturated rings. The van der Waals surface area contributed by atoms with Crippen LogP contribution in [0.15, 0.2) is 30.3 Å². The second kappa shape index (κ2) is 7.92. The Kier molecular flexibility index (Phi) is 5.85. The summed E-state index contributed by atoms with van der Waals surface area (Å²) in [6.45, 7) is 4.57. The fourth-order valence-corrected chi connectivity index (χ4v) is 5.32. The molecule has 0 bridgehead atoms. The first-order valence-corrected chi connectivity index (χ1v) is 10.2. The Hall–Kier alpha value is -1.33. The van der Waals surface area contributed by atoms with E-state index >= 15 is 0 Å². The number of rotatable bonds is 7. The van der Waals surface area contributed by atoms with Crippen LogP contribution in [0.4, 0.5) is 0 Å². The van der Waals surface area contributed by atoms with Gasteiger partial charge in [-0.25, -0.2) is 0 Å². The molecule has 4 nitrogen and oxygen atoms in total. The number of thioether (sulfide) groups is 1. The zero-order chi connectivity index (χ0) is 17.9. The summed E-state index contributed by atoms with van der Waals surface area (Å²) in [5, 5.41) is 3.35. The third kappa shape index (κ3) is 4.09. The lowest BCUT2D eigenvalue weighted by molar-refractivity contribution is -0.139. The van der Waals surface area contributed by atoms with Gasteiger partial charge in [0.1, 0.15) is 11.6 Å². The Bertz CT molecular complexity index is 619. The van der Waals surface area contributed by atoms with Crippen molar-refractivity contribution in [3.8, 4) is 0 Å². The molecule has 0 radical (unpaired) electrons. The molecular formula is C20H27NO3S. The van der Waals surface area contributed by atoms with Gasteiger partial charge >= 0.3 is 0 Å². The first-order valence-electron chi connectivity index (χ1n) is 9.14. The van der Waals surface area contributed by atoms with Crippen molar-refractivity contribution in [2.24, 2.45) is 5.92 Å². The highest BCUT2D eigenvalue weighted by Crippen LogP contribution is 2.45. The fourth-order valence-electron chi connectivity index (χ4n) is 3.79. The van der Waals surface area contributed by atoms with Crippen LogP contribution in [0.1, 0.15) is 45.1 Å². The predicted octanol–water partition coefficient (Wildman–Crippen LogP) is 3.34. The number of ketones is 1. The molecule has 0 unspecified atom stereocenters. The summed E-state index contributed by atoms with van der Waals surface area (Å²) in [7, 11) is 0. The van der Waals surface area contributed by atoms with Crippen molar-refractivity contribution >= 4 is 23.5 Å². The standard InChI is InChI=1S/C20H27NO3S/c1-14(2)11-16(24-12-15-7-4-3-5-8-15)19(23)21-20-10-6-9-18(20)25-13-17(20)22/h3-5,7-8,14,16,18H,6,9-13H2,1-2H3,(H,21,23)/t16-,18+,20-/m0/s1. The van der Waals surface area contributed by atoms with Crippen LogP contribution in [0.5, 0.6) is 0 Å². The van der Waals surface area contributed by atoms with E-state index in [1.54, 1.807) is 11.8 Å². The maximum atomic E-state index is 12.9. The molecule has 2 aliphatic rings. The van der Waals surface area contributed by atoms with Crippen LogP contribution in [-0.4, -0.2) is 34.3 Å². The van der Waals surface area contributed by atoms with E-state index in [0.29, 0.717) is 24.7 Å². The Morgan fingerprint density at radius 3 is 2.84 bits per heavy atom. The monoisotopic (exact) mass is 361 g/mol. The minimum Gasteiger partial charge on any atom is -0.364 e. The number of amides is 1. The fraction of sp³-hybridized carbons (Fsp3) is 0.600.